The van der Waals surface area contributed by atoms with Gasteiger partial charge in [0.1, 0.15) is 0 Å². The molecule has 1 spiro atoms. The number of hydrogen-bond acceptors (Lipinski definition) is 5. The average molecular weight is 463 g/mol. The second-order valence-corrected chi connectivity index (χ2v) is 10.6. The molecule has 4 N–H and O–H groups in total. The van der Waals surface area contributed by atoms with Crippen molar-refractivity contribution in [1.29, 1.82) is 5.41 Å². The number of nitrogens with one attached hydrogen (secondary N) is 4. The largest absolute Gasteiger partial charge is 0.354 e. The molecular formula is C21H30N6O4S. The van der Waals surface area contributed by atoms with Crippen LogP contribution >= 0.6 is 0 Å². The van der Waals surface area contributed by atoms with Crippen LogP contribution in [0.25, 0.3) is 0 Å². The van der Waals surface area contributed by atoms with Gasteiger partial charge in [-0.3, -0.25) is 15.0 Å². The third kappa shape index (κ3) is 4.73. The Bertz CT molecular complexity index is 1010. The number of likely N-dealkylation sites (tertiary alicyclic amines) is 2. The maximum absolute atomic E-state index is 13.0. The Labute approximate surface area is 188 Å². The maximum atomic E-state index is 13.0. The molecule has 0 saturated carbocycles. The van der Waals surface area contributed by atoms with E-state index in [4.69, 9.17) is 5.41 Å². The first kappa shape index (κ1) is 22.5. The van der Waals surface area contributed by atoms with Crippen LogP contribution in [-0.2, 0) is 14.8 Å². The van der Waals surface area contributed by atoms with Crippen molar-refractivity contribution < 1.29 is 18.0 Å². The Balaban J connectivity index is 1.39. The molecule has 10 nitrogen and oxygen atoms in total. The quantitative estimate of drug-likeness (QED) is 0.501. The minimum Gasteiger partial charge on any atom is -0.354 e. The molecule has 3 fully saturated rings. The fourth-order valence-corrected chi connectivity index (χ4v) is 5.98. The molecule has 32 heavy (non-hydrogen) atoms. The van der Waals surface area contributed by atoms with E-state index in [9.17, 15) is 18.0 Å². The fraction of sp³-hybridized carbons (Fsp3) is 0.571. The molecule has 0 radical (unpaired) electrons. The molecule has 4 rings (SSSR count). The van der Waals surface area contributed by atoms with E-state index in [1.165, 1.54) is 19.1 Å². The van der Waals surface area contributed by atoms with E-state index in [0.29, 0.717) is 57.1 Å². The number of rotatable bonds is 4. The summed E-state index contributed by atoms with van der Waals surface area (Å²) in [4.78, 5) is 28.0. The Morgan fingerprint density at radius 1 is 1.12 bits per heavy atom. The van der Waals surface area contributed by atoms with E-state index in [1.54, 1.807) is 21.9 Å². The molecule has 2 amide bonds. The van der Waals surface area contributed by atoms with Gasteiger partial charge >= 0.3 is 0 Å². The number of benzene rings is 1. The predicted molar refractivity (Wildman–Crippen MR) is 119 cm³/mol. The average Bonchev–Trinajstić information content (AvgIpc) is 3.14. The van der Waals surface area contributed by atoms with E-state index in [-0.39, 0.29) is 28.3 Å². The lowest BCUT2D eigenvalue weighted by Gasteiger charge is -2.38. The fourth-order valence-electron chi connectivity index (χ4n) is 4.63. The minimum atomic E-state index is -3.77. The smallest absolute Gasteiger partial charge is 0.253 e. The summed E-state index contributed by atoms with van der Waals surface area (Å²) in [6.07, 6.45) is 2.58. The van der Waals surface area contributed by atoms with Crippen molar-refractivity contribution in [3.8, 4) is 0 Å². The lowest BCUT2D eigenvalue weighted by molar-refractivity contribution is -0.129. The summed E-state index contributed by atoms with van der Waals surface area (Å²) in [6.45, 7) is 4.35. The molecule has 0 bridgehead atoms. The molecule has 0 aliphatic carbocycles. The van der Waals surface area contributed by atoms with Crippen molar-refractivity contribution >= 4 is 27.8 Å². The van der Waals surface area contributed by atoms with Crippen molar-refractivity contribution in [2.75, 3.05) is 32.7 Å². The molecule has 3 heterocycles. The molecule has 0 aromatic heterocycles. The van der Waals surface area contributed by atoms with Crippen LogP contribution in [0, 0.1) is 5.41 Å². The van der Waals surface area contributed by atoms with Gasteiger partial charge < -0.3 is 20.4 Å². The summed E-state index contributed by atoms with van der Waals surface area (Å²) in [7, 11) is -3.77. The first-order valence-electron chi connectivity index (χ1n) is 11.0. The van der Waals surface area contributed by atoms with Gasteiger partial charge in [-0.15, -0.1) is 0 Å². The zero-order chi connectivity index (χ0) is 22.9. The van der Waals surface area contributed by atoms with Gasteiger partial charge in [0.2, 0.25) is 15.9 Å². The molecule has 0 atom stereocenters. The number of guanidine groups is 1. The molecule has 3 aliphatic heterocycles. The van der Waals surface area contributed by atoms with Gasteiger partial charge in [0.25, 0.3) is 5.91 Å². The molecule has 174 valence electrons. The van der Waals surface area contributed by atoms with E-state index in [0.717, 1.165) is 12.8 Å². The number of amides is 2. The van der Waals surface area contributed by atoms with Crippen LogP contribution in [0.1, 0.15) is 43.0 Å². The zero-order valence-corrected chi connectivity index (χ0v) is 19.0. The van der Waals surface area contributed by atoms with Crippen LogP contribution in [-0.4, -0.2) is 80.3 Å². The summed E-state index contributed by atoms with van der Waals surface area (Å²) in [5.41, 5.74) is 0.168. The van der Waals surface area contributed by atoms with Crippen molar-refractivity contribution in [2.45, 2.75) is 49.1 Å². The van der Waals surface area contributed by atoms with E-state index < -0.39 is 10.0 Å². The van der Waals surface area contributed by atoms with Gasteiger partial charge in [0.15, 0.2) is 5.96 Å². The number of carbonyl (C=O) groups is 2. The summed E-state index contributed by atoms with van der Waals surface area (Å²) < 4.78 is 28.6. The Hall–Kier alpha value is -2.66. The molecule has 1 aromatic carbocycles. The monoisotopic (exact) mass is 462 g/mol. The van der Waals surface area contributed by atoms with Gasteiger partial charge in [-0.1, -0.05) is 6.07 Å². The molecule has 0 unspecified atom stereocenters. The highest BCUT2D eigenvalue weighted by atomic mass is 32.2. The molecule has 3 saturated heterocycles. The molecular weight excluding hydrogens is 432 g/mol. The Morgan fingerprint density at radius 3 is 2.41 bits per heavy atom. The zero-order valence-electron chi connectivity index (χ0n) is 18.2. The van der Waals surface area contributed by atoms with Crippen LogP contribution in [0.4, 0.5) is 0 Å². The van der Waals surface area contributed by atoms with Crippen molar-refractivity contribution in [3.05, 3.63) is 29.8 Å². The van der Waals surface area contributed by atoms with Crippen molar-refractivity contribution in [2.24, 2.45) is 0 Å². The van der Waals surface area contributed by atoms with Crippen molar-refractivity contribution in [3.63, 3.8) is 0 Å². The lowest BCUT2D eigenvalue weighted by atomic mass is 9.88. The Morgan fingerprint density at radius 2 is 1.81 bits per heavy atom. The van der Waals surface area contributed by atoms with Gasteiger partial charge in [0.05, 0.1) is 10.4 Å². The normalized spacial score (nSPS) is 21.3. The van der Waals surface area contributed by atoms with Crippen LogP contribution in [0.2, 0.25) is 0 Å². The van der Waals surface area contributed by atoms with Crippen LogP contribution in [0.3, 0.4) is 0 Å². The van der Waals surface area contributed by atoms with Crippen LogP contribution < -0.4 is 15.4 Å². The second kappa shape index (κ2) is 8.70. The summed E-state index contributed by atoms with van der Waals surface area (Å²) in [5.74, 6) is 0.134. The number of sulfonamides is 1. The number of nitrogens with zero attached hydrogens (tertiary/aromatic N) is 2. The predicted octanol–water partition coefficient (Wildman–Crippen LogP) is 0.0782. The summed E-state index contributed by atoms with van der Waals surface area (Å²) in [5, 5.41) is 13.9. The molecule has 11 heteroatoms. The maximum Gasteiger partial charge on any atom is 0.253 e. The highest BCUT2D eigenvalue weighted by molar-refractivity contribution is 7.89. The lowest BCUT2D eigenvalue weighted by Crippen LogP contribution is -2.53. The van der Waals surface area contributed by atoms with Crippen molar-refractivity contribution in [1.82, 2.24) is 25.2 Å². The Kier molecular flexibility index (Phi) is 6.13. The van der Waals surface area contributed by atoms with Gasteiger partial charge in [-0.05, 0) is 43.9 Å². The van der Waals surface area contributed by atoms with Gasteiger partial charge in [-0.2, -0.15) is 0 Å². The standard InChI is InChI=1S/C21H30N6O4S/c1-15(28)26-9-5-17(6-10-26)25-32(30,31)18-4-2-3-16(13-18)19(29)27-11-7-21(8-12-27)14-23-20(22)24-21/h2-4,13,17,25H,5-12,14H2,1H3,(H3,22,23,24). The van der Waals surface area contributed by atoms with E-state index >= 15 is 0 Å². The first-order valence-corrected chi connectivity index (χ1v) is 12.4. The molecule has 1 aromatic rings. The third-order valence-corrected chi connectivity index (χ3v) is 8.17. The SMILES string of the molecule is CC(=O)N1CCC(NS(=O)(=O)c2cccc(C(=O)N3CCC4(CC3)CNC(=N)N4)c2)CC1. The topological polar surface area (TPSA) is 135 Å². The second-order valence-electron chi connectivity index (χ2n) is 8.86. The minimum absolute atomic E-state index is 0.000560. The first-order chi connectivity index (χ1) is 15.2. The summed E-state index contributed by atoms with van der Waals surface area (Å²) >= 11 is 0. The highest BCUT2D eigenvalue weighted by Gasteiger charge is 2.40. The summed E-state index contributed by atoms with van der Waals surface area (Å²) in [6, 6.07) is 5.93. The van der Waals surface area contributed by atoms with E-state index in [2.05, 4.69) is 15.4 Å². The number of piperidine rings is 2. The third-order valence-electron chi connectivity index (χ3n) is 6.65. The molecule has 3 aliphatic rings. The number of hydrogen-bond donors (Lipinski definition) is 4. The number of carbonyl (C=O) groups excluding carboxylic acids is 2. The van der Waals surface area contributed by atoms with Gasteiger partial charge in [-0.25, -0.2) is 13.1 Å². The highest BCUT2D eigenvalue weighted by Crippen LogP contribution is 2.25. The van der Waals surface area contributed by atoms with Crippen LogP contribution in [0.15, 0.2) is 29.2 Å². The van der Waals surface area contributed by atoms with Gasteiger partial charge in [0, 0.05) is 51.3 Å². The van der Waals surface area contributed by atoms with Crippen LogP contribution in [0.5, 0.6) is 0 Å². The van der Waals surface area contributed by atoms with E-state index in [1.807, 2.05) is 0 Å².